The Morgan fingerprint density at radius 1 is 1.08 bits per heavy atom. The number of aryl methyl sites for hydroxylation is 1. The molecule has 3 aromatic rings. The first-order valence-electron chi connectivity index (χ1n) is 7.80. The van der Waals surface area contributed by atoms with Gasteiger partial charge in [0, 0.05) is 11.6 Å². The summed E-state index contributed by atoms with van der Waals surface area (Å²) in [5.41, 5.74) is 5.28. The molecule has 0 atom stereocenters. The quantitative estimate of drug-likeness (QED) is 0.683. The van der Waals surface area contributed by atoms with Crippen LogP contribution in [0.3, 0.4) is 0 Å². The molecule has 0 spiro atoms. The van der Waals surface area contributed by atoms with Gasteiger partial charge in [0.15, 0.2) is 0 Å². The normalized spacial score (nSPS) is 10.6. The summed E-state index contributed by atoms with van der Waals surface area (Å²) >= 11 is 0. The zero-order valence-corrected chi connectivity index (χ0v) is 14.6. The largest absolute Gasteiger partial charge is 0.496 e. The summed E-state index contributed by atoms with van der Waals surface area (Å²) in [4.78, 5) is 11.6. The number of carbonyl (C=O) groups is 1. The number of methoxy groups -OCH3 is 2. The topological polar surface area (TPSA) is 66.2 Å². The van der Waals surface area contributed by atoms with Crippen molar-refractivity contribution in [1.29, 1.82) is 0 Å². The van der Waals surface area contributed by atoms with Crippen molar-refractivity contribution in [3.05, 3.63) is 59.3 Å². The van der Waals surface area contributed by atoms with Crippen LogP contribution < -0.4 is 4.74 Å². The highest BCUT2D eigenvalue weighted by Gasteiger charge is 2.13. The van der Waals surface area contributed by atoms with Crippen molar-refractivity contribution in [3.8, 4) is 22.7 Å². The standard InChI is InChI=1S/C19H19N3O3/c1-12-9-16(10-18(24-3)13(12)2)22-17(11-20-21-22)14-5-7-15(8-6-14)19(23)25-4/h5-11H,1-4H3. The second kappa shape index (κ2) is 6.76. The average Bonchev–Trinajstić information content (AvgIpc) is 3.13. The highest BCUT2D eigenvalue weighted by atomic mass is 16.5. The van der Waals surface area contributed by atoms with Gasteiger partial charge in [-0.25, -0.2) is 9.48 Å². The molecular weight excluding hydrogens is 318 g/mol. The molecule has 0 radical (unpaired) electrons. The molecule has 6 nitrogen and oxygen atoms in total. The predicted molar refractivity (Wildman–Crippen MR) is 94.2 cm³/mol. The summed E-state index contributed by atoms with van der Waals surface area (Å²) in [7, 11) is 3.02. The van der Waals surface area contributed by atoms with Gasteiger partial charge >= 0.3 is 5.97 Å². The smallest absolute Gasteiger partial charge is 0.337 e. The molecule has 0 unspecified atom stereocenters. The van der Waals surface area contributed by atoms with Gasteiger partial charge in [0.05, 0.1) is 37.4 Å². The van der Waals surface area contributed by atoms with Crippen LogP contribution in [0.4, 0.5) is 0 Å². The molecule has 0 aliphatic rings. The van der Waals surface area contributed by atoms with Crippen LogP contribution in [0, 0.1) is 13.8 Å². The number of hydrogen-bond acceptors (Lipinski definition) is 5. The van der Waals surface area contributed by atoms with E-state index in [1.165, 1.54) is 7.11 Å². The molecule has 0 saturated carbocycles. The zero-order valence-electron chi connectivity index (χ0n) is 14.6. The SMILES string of the molecule is COC(=O)c1ccc(-c2cnnn2-c2cc(C)c(C)c(OC)c2)cc1. The summed E-state index contributed by atoms with van der Waals surface area (Å²) in [5, 5.41) is 8.24. The molecule has 25 heavy (non-hydrogen) atoms. The van der Waals surface area contributed by atoms with E-state index < -0.39 is 0 Å². The van der Waals surface area contributed by atoms with Gasteiger partial charge in [0.25, 0.3) is 0 Å². The van der Waals surface area contributed by atoms with Crippen LogP contribution >= 0.6 is 0 Å². The maximum absolute atomic E-state index is 11.6. The van der Waals surface area contributed by atoms with E-state index in [4.69, 9.17) is 9.47 Å². The van der Waals surface area contributed by atoms with Crippen molar-refractivity contribution < 1.29 is 14.3 Å². The first kappa shape index (κ1) is 16.7. The van der Waals surface area contributed by atoms with Crippen molar-refractivity contribution in [2.75, 3.05) is 14.2 Å². The Bertz CT molecular complexity index is 914. The molecule has 0 bridgehead atoms. The fourth-order valence-corrected chi connectivity index (χ4v) is 2.66. The first-order valence-corrected chi connectivity index (χ1v) is 7.80. The minimum Gasteiger partial charge on any atom is -0.496 e. The summed E-state index contributed by atoms with van der Waals surface area (Å²) in [6, 6.07) is 11.1. The molecule has 0 aliphatic carbocycles. The second-order valence-corrected chi connectivity index (χ2v) is 5.69. The molecule has 128 valence electrons. The Morgan fingerprint density at radius 3 is 2.44 bits per heavy atom. The summed E-state index contributed by atoms with van der Waals surface area (Å²) in [6.07, 6.45) is 1.69. The number of esters is 1. The van der Waals surface area contributed by atoms with Crippen LogP contribution in [-0.4, -0.2) is 35.2 Å². The third-order valence-electron chi connectivity index (χ3n) is 4.22. The van der Waals surface area contributed by atoms with Crippen LogP contribution in [0.1, 0.15) is 21.5 Å². The zero-order chi connectivity index (χ0) is 18.0. The van der Waals surface area contributed by atoms with Gasteiger partial charge in [-0.05, 0) is 43.2 Å². The first-order chi connectivity index (χ1) is 12.0. The van der Waals surface area contributed by atoms with E-state index in [0.717, 1.165) is 33.8 Å². The molecule has 6 heteroatoms. The molecule has 0 fully saturated rings. The Balaban J connectivity index is 2.04. The van der Waals surface area contributed by atoms with E-state index in [1.54, 1.807) is 30.1 Å². The maximum atomic E-state index is 11.6. The monoisotopic (exact) mass is 337 g/mol. The predicted octanol–water partition coefficient (Wildman–Crippen LogP) is 3.35. The van der Waals surface area contributed by atoms with E-state index in [-0.39, 0.29) is 5.97 Å². The lowest BCUT2D eigenvalue weighted by Crippen LogP contribution is -2.03. The summed E-state index contributed by atoms with van der Waals surface area (Å²) < 4.78 is 11.9. The molecule has 0 aliphatic heterocycles. The van der Waals surface area contributed by atoms with Gasteiger partial charge in [-0.15, -0.1) is 5.10 Å². The van der Waals surface area contributed by atoms with E-state index in [0.29, 0.717) is 5.56 Å². The molecule has 3 rings (SSSR count). The fraction of sp³-hybridized carbons (Fsp3) is 0.211. The van der Waals surface area contributed by atoms with Crippen molar-refractivity contribution in [2.24, 2.45) is 0 Å². The summed E-state index contributed by atoms with van der Waals surface area (Å²) in [6.45, 7) is 4.05. The third-order valence-corrected chi connectivity index (χ3v) is 4.22. The number of ether oxygens (including phenoxy) is 2. The highest BCUT2D eigenvalue weighted by Crippen LogP contribution is 2.28. The molecule has 0 N–H and O–H groups in total. The van der Waals surface area contributed by atoms with Gasteiger partial charge in [-0.2, -0.15) is 0 Å². The van der Waals surface area contributed by atoms with E-state index in [1.807, 2.05) is 38.1 Å². The van der Waals surface area contributed by atoms with Gasteiger partial charge in [0.2, 0.25) is 0 Å². The van der Waals surface area contributed by atoms with Gasteiger partial charge in [-0.3, -0.25) is 0 Å². The van der Waals surface area contributed by atoms with Crippen LogP contribution in [0.2, 0.25) is 0 Å². The lowest BCUT2D eigenvalue weighted by atomic mass is 10.1. The number of carbonyl (C=O) groups excluding carboxylic acids is 1. The van der Waals surface area contributed by atoms with E-state index >= 15 is 0 Å². The minimum atomic E-state index is -0.364. The Labute approximate surface area is 146 Å². The lowest BCUT2D eigenvalue weighted by molar-refractivity contribution is 0.0601. The molecule has 0 amide bonds. The number of hydrogen-bond donors (Lipinski definition) is 0. The van der Waals surface area contributed by atoms with Crippen molar-refractivity contribution in [2.45, 2.75) is 13.8 Å². The molecular formula is C19H19N3O3. The molecule has 2 aromatic carbocycles. The maximum Gasteiger partial charge on any atom is 0.337 e. The summed E-state index contributed by atoms with van der Waals surface area (Å²) in [5.74, 6) is 0.439. The number of benzene rings is 2. The Morgan fingerprint density at radius 2 is 1.80 bits per heavy atom. The van der Waals surface area contributed by atoms with Crippen molar-refractivity contribution in [3.63, 3.8) is 0 Å². The van der Waals surface area contributed by atoms with Gasteiger partial charge in [0.1, 0.15) is 5.75 Å². The van der Waals surface area contributed by atoms with Crippen LogP contribution in [-0.2, 0) is 4.74 Å². The number of rotatable bonds is 4. The Kier molecular flexibility index (Phi) is 4.52. The van der Waals surface area contributed by atoms with Crippen LogP contribution in [0.25, 0.3) is 16.9 Å². The average molecular weight is 337 g/mol. The number of nitrogens with zero attached hydrogens (tertiary/aromatic N) is 3. The van der Waals surface area contributed by atoms with E-state index in [9.17, 15) is 4.79 Å². The third kappa shape index (κ3) is 3.10. The Hall–Kier alpha value is -3.15. The highest BCUT2D eigenvalue weighted by molar-refractivity contribution is 5.89. The second-order valence-electron chi connectivity index (χ2n) is 5.69. The molecule has 1 aromatic heterocycles. The minimum absolute atomic E-state index is 0.364. The van der Waals surface area contributed by atoms with Crippen LogP contribution in [0.15, 0.2) is 42.6 Å². The van der Waals surface area contributed by atoms with Gasteiger partial charge in [-0.1, -0.05) is 17.3 Å². The lowest BCUT2D eigenvalue weighted by Gasteiger charge is -2.12. The van der Waals surface area contributed by atoms with Crippen molar-refractivity contribution in [1.82, 2.24) is 15.0 Å². The fourth-order valence-electron chi connectivity index (χ4n) is 2.66. The molecule has 1 heterocycles. The number of aromatic nitrogens is 3. The molecule has 0 saturated heterocycles. The van der Waals surface area contributed by atoms with Crippen molar-refractivity contribution >= 4 is 5.97 Å². The van der Waals surface area contributed by atoms with Gasteiger partial charge < -0.3 is 9.47 Å². The van der Waals surface area contributed by atoms with E-state index in [2.05, 4.69) is 10.3 Å². The van der Waals surface area contributed by atoms with Crippen LogP contribution in [0.5, 0.6) is 5.75 Å².